The van der Waals surface area contributed by atoms with Crippen LogP contribution < -0.4 is 15.4 Å². The minimum atomic E-state index is -0.354. The van der Waals surface area contributed by atoms with E-state index in [1.807, 2.05) is 45.0 Å². The van der Waals surface area contributed by atoms with Gasteiger partial charge in [-0.25, -0.2) is 4.79 Å². The lowest BCUT2D eigenvalue weighted by Crippen LogP contribution is -2.20. The van der Waals surface area contributed by atoms with Crippen molar-refractivity contribution in [2.24, 2.45) is 0 Å². The fourth-order valence-corrected chi connectivity index (χ4v) is 3.90. The molecule has 0 bridgehead atoms. The number of ether oxygens (including phenoxy) is 2. The van der Waals surface area contributed by atoms with Gasteiger partial charge in [-0.3, -0.25) is 0 Å². The van der Waals surface area contributed by atoms with Crippen LogP contribution in [0.2, 0.25) is 0 Å². The van der Waals surface area contributed by atoms with Gasteiger partial charge < -0.3 is 20.1 Å². The fourth-order valence-electron chi connectivity index (χ4n) is 2.48. The Hall–Kier alpha value is -2.12. The van der Waals surface area contributed by atoms with E-state index >= 15 is 0 Å². The molecular formula is C18H22N2O3S2. The molecule has 0 saturated carbocycles. The van der Waals surface area contributed by atoms with Crippen LogP contribution in [-0.2, 0) is 11.2 Å². The van der Waals surface area contributed by atoms with Gasteiger partial charge in [0, 0.05) is 10.6 Å². The third-order valence-corrected chi connectivity index (χ3v) is 4.87. The number of carbonyl (C=O) groups excluding carboxylic acids is 1. The molecule has 1 aromatic heterocycles. The second-order valence-corrected chi connectivity index (χ2v) is 6.86. The van der Waals surface area contributed by atoms with Crippen LogP contribution >= 0.6 is 23.6 Å². The zero-order valence-corrected chi connectivity index (χ0v) is 16.4. The van der Waals surface area contributed by atoms with E-state index in [1.165, 1.54) is 18.4 Å². The molecule has 0 atom stereocenters. The second-order valence-electron chi connectivity index (χ2n) is 5.22. The van der Waals surface area contributed by atoms with E-state index in [-0.39, 0.29) is 5.97 Å². The highest BCUT2D eigenvalue weighted by atomic mass is 32.1. The molecule has 2 rings (SSSR count). The molecule has 0 aliphatic rings. The van der Waals surface area contributed by atoms with E-state index in [0.29, 0.717) is 22.3 Å². The third-order valence-electron chi connectivity index (χ3n) is 3.60. The summed E-state index contributed by atoms with van der Waals surface area (Å²) in [5, 5.41) is 7.34. The van der Waals surface area contributed by atoms with E-state index in [2.05, 4.69) is 10.6 Å². The third kappa shape index (κ3) is 4.70. The van der Waals surface area contributed by atoms with Gasteiger partial charge in [0.05, 0.1) is 19.3 Å². The van der Waals surface area contributed by atoms with Crippen molar-refractivity contribution in [3.63, 3.8) is 0 Å². The Bertz CT molecular complexity index is 754. The Labute approximate surface area is 157 Å². The van der Waals surface area contributed by atoms with E-state index in [1.54, 1.807) is 0 Å². The van der Waals surface area contributed by atoms with Gasteiger partial charge in [-0.1, -0.05) is 6.92 Å². The predicted molar refractivity (Wildman–Crippen MR) is 107 cm³/mol. The van der Waals surface area contributed by atoms with E-state index in [9.17, 15) is 4.79 Å². The van der Waals surface area contributed by atoms with Gasteiger partial charge in [0.25, 0.3) is 0 Å². The largest absolute Gasteiger partial charge is 0.494 e. The standard InChI is InChI=1S/C18H22N2O3S2/c1-5-14-11(3)25-16(15(14)17(21)22-4)20-18(24)19-12-7-9-13(10-8-12)23-6-2/h7-10H,5-6H2,1-4H3,(H2,19,20,24). The van der Waals surface area contributed by atoms with E-state index < -0.39 is 0 Å². The van der Waals surface area contributed by atoms with Crippen molar-refractivity contribution in [1.29, 1.82) is 0 Å². The van der Waals surface area contributed by atoms with Crippen molar-refractivity contribution in [1.82, 2.24) is 0 Å². The number of methoxy groups -OCH3 is 1. The number of nitrogens with one attached hydrogen (secondary N) is 2. The van der Waals surface area contributed by atoms with E-state index in [4.69, 9.17) is 21.7 Å². The maximum Gasteiger partial charge on any atom is 0.341 e. The highest BCUT2D eigenvalue weighted by Gasteiger charge is 2.22. The number of rotatable bonds is 6. The highest BCUT2D eigenvalue weighted by molar-refractivity contribution is 7.80. The summed E-state index contributed by atoms with van der Waals surface area (Å²) in [7, 11) is 1.38. The van der Waals surface area contributed by atoms with Gasteiger partial charge in [0.15, 0.2) is 5.11 Å². The minimum Gasteiger partial charge on any atom is -0.494 e. The first-order chi connectivity index (χ1) is 12.0. The first kappa shape index (κ1) is 19.2. The molecule has 0 aliphatic heterocycles. The Morgan fingerprint density at radius 1 is 1.20 bits per heavy atom. The van der Waals surface area contributed by atoms with Crippen molar-refractivity contribution < 1.29 is 14.3 Å². The van der Waals surface area contributed by atoms with Gasteiger partial charge in [-0.2, -0.15) is 0 Å². The first-order valence-electron chi connectivity index (χ1n) is 8.01. The van der Waals surface area contributed by atoms with Crippen LogP contribution in [0.15, 0.2) is 24.3 Å². The monoisotopic (exact) mass is 378 g/mol. The van der Waals surface area contributed by atoms with E-state index in [0.717, 1.165) is 28.3 Å². The summed E-state index contributed by atoms with van der Waals surface area (Å²) in [6.07, 6.45) is 0.757. The number of benzene rings is 1. The lowest BCUT2D eigenvalue weighted by atomic mass is 10.1. The van der Waals surface area contributed by atoms with Gasteiger partial charge >= 0.3 is 5.97 Å². The number of esters is 1. The van der Waals surface area contributed by atoms with Crippen LogP contribution in [-0.4, -0.2) is 24.8 Å². The van der Waals surface area contributed by atoms with Crippen LogP contribution in [0.1, 0.15) is 34.6 Å². The summed E-state index contributed by atoms with van der Waals surface area (Å²) in [4.78, 5) is 13.2. The van der Waals surface area contributed by atoms with Crippen LogP contribution in [0.4, 0.5) is 10.7 Å². The molecule has 2 aromatic rings. The molecule has 0 fully saturated rings. The Kier molecular flexibility index (Phi) is 6.78. The topological polar surface area (TPSA) is 59.6 Å². The molecule has 1 aromatic carbocycles. The molecular weight excluding hydrogens is 356 g/mol. The van der Waals surface area contributed by atoms with Crippen LogP contribution in [0, 0.1) is 6.92 Å². The Morgan fingerprint density at radius 2 is 1.88 bits per heavy atom. The summed E-state index contributed by atoms with van der Waals surface area (Å²) < 4.78 is 10.3. The van der Waals surface area contributed by atoms with Gasteiger partial charge in [-0.15, -0.1) is 11.3 Å². The molecule has 0 aliphatic carbocycles. The molecule has 2 N–H and O–H groups in total. The molecule has 0 amide bonds. The normalized spacial score (nSPS) is 10.2. The second kappa shape index (κ2) is 8.82. The smallest absolute Gasteiger partial charge is 0.341 e. The van der Waals surface area contributed by atoms with Crippen LogP contribution in [0.5, 0.6) is 5.75 Å². The number of anilines is 2. The van der Waals surface area contributed by atoms with Crippen molar-refractivity contribution in [3.05, 3.63) is 40.3 Å². The van der Waals surface area contributed by atoms with Crippen LogP contribution in [0.3, 0.4) is 0 Å². The average molecular weight is 379 g/mol. The van der Waals surface area contributed by atoms with Crippen molar-refractivity contribution in [2.45, 2.75) is 27.2 Å². The fraction of sp³-hybridized carbons (Fsp3) is 0.333. The summed E-state index contributed by atoms with van der Waals surface area (Å²) in [5.41, 5.74) is 2.39. The number of hydrogen-bond acceptors (Lipinski definition) is 5. The minimum absolute atomic E-state index is 0.354. The lowest BCUT2D eigenvalue weighted by Gasteiger charge is -2.11. The maximum atomic E-state index is 12.1. The first-order valence-corrected chi connectivity index (χ1v) is 9.24. The number of thiophene rings is 1. The van der Waals surface area contributed by atoms with Crippen molar-refractivity contribution >= 4 is 45.3 Å². The average Bonchev–Trinajstić information content (AvgIpc) is 2.91. The summed E-state index contributed by atoms with van der Waals surface area (Å²) in [5.74, 6) is 0.453. The molecule has 0 saturated heterocycles. The van der Waals surface area contributed by atoms with Crippen LogP contribution in [0.25, 0.3) is 0 Å². The molecule has 1 heterocycles. The van der Waals surface area contributed by atoms with Gasteiger partial charge in [0.2, 0.25) is 0 Å². The molecule has 0 radical (unpaired) electrons. The molecule has 0 spiro atoms. The van der Waals surface area contributed by atoms with Crippen molar-refractivity contribution in [3.8, 4) is 5.75 Å². The molecule has 134 valence electrons. The lowest BCUT2D eigenvalue weighted by molar-refractivity contribution is 0.0601. The molecule has 7 heteroatoms. The number of thiocarbonyl (C=S) groups is 1. The van der Waals surface area contributed by atoms with Gasteiger partial charge in [0.1, 0.15) is 10.8 Å². The maximum absolute atomic E-state index is 12.1. The Morgan fingerprint density at radius 3 is 2.44 bits per heavy atom. The Balaban J connectivity index is 2.13. The van der Waals surface area contributed by atoms with Crippen molar-refractivity contribution in [2.75, 3.05) is 24.4 Å². The number of aryl methyl sites for hydroxylation is 1. The highest BCUT2D eigenvalue weighted by Crippen LogP contribution is 2.34. The zero-order chi connectivity index (χ0) is 18.4. The SMILES string of the molecule is CCOc1ccc(NC(=S)Nc2sc(C)c(CC)c2C(=O)OC)cc1. The predicted octanol–water partition coefficient (Wildman–Crippen LogP) is 4.61. The zero-order valence-electron chi connectivity index (χ0n) is 14.8. The molecule has 25 heavy (non-hydrogen) atoms. The summed E-state index contributed by atoms with van der Waals surface area (Å²) in [6, 6.07) is 7.52. The molecule has 5 nitrogen and oxygen atoms in total. The summed E-state index contributed by atoms with van der Waals surface area (Å²) in [6.45, 7) is 6.57. The van der Waals surface area contributed by atoms with Gasteiger partial charge in [-0.05, 0) is 62.3 Å². The summed E-state index contributed by atoms with van der Waals surface area (Å²) >= 11 is 6.87. The quantitative estimate of drug-likeness (QED) is 0.565. The molecule has 0 unspecified atom stereocenters. The number of hydrogen-bond donors (Lipinski definition) is 2. The number of carbonyl (C=O) groups is 1.